The maximum Gasteiger partial charge on any atom is 0.233 e. The molecule has 6 nitrogen and oxygen atoms in total. The molecule has 8 heteroatoms. The average Bonchev–Trinajstić information content (AvgIpc) is 3.27. The first-order valence-corrected chi connectivity index (χ1v) is 13.4. The summed E-state index contributed by atoms with van der Waals surface area (Å²) in [7, 11) is -3.36. The van der Waals surface area contributed by atoms with Gasteiger partial charge in [0.05, 0.1) is 33.3 Å². The lowest BCUT2D eigenvalue weighted by molar-refractivity contribution is -0.118. The lowest BCUT2D eigenvalue weighted by Crippen LogP contribution is -2.31. The van der Waals surface area contributed by atoms with Crippen molar-refractivity contribution in [3.63, 3.8) is 0 Å². The highest BCUT2D eigenvalue weighted by Gasteiger charge is 2.23. The number of anilines is 1. The van der Waals surface area contributed by atoms with E-state index in [1.165, 1.54) is 11.3 Å². The number of thiazole rings is 1. The smallest absolute Gasteiger partial charge is 0.233 e. The summed E-state index contributed by atoms with van der Waals surface area (Å²) in [6.07, 6.45) is 3.58. The maximum absolute atomic E-state index is 13.5. The number of pyridine rings is 1. The zero-order valence-electron chi connectivity index (χ0n) is 19.6. The van der Waals surface area contributed by atoms with Gasteiger partial charge in [0.15, 0.2) is 15.0 Å². The lowest BCUT2D eigenvalue weighted by atomic mass is 10.1. The van der Waals surface area contributed by atoms with Crippen LogP contribution in [0.2, 0.25) is 0 Å². The first-order chi connectivity index (χ1) is 16.2. The molecule has 4 aromatic rings. The van der Waals surface area contributed by atoms with Gasteiger partial charge in [0, 0.05) is 12.4 Å². The number of fused-ring (bicyclic) bond motifs is 1. The summed E-state index contributed by atoms with van der Waals surface area (Å²) in [4.78, 5) is 24.5. The zero-order chi connectivity index (χ0) is 24.5. The van der Waals surface area contributed by atoms with Gasteiger partial charge in [-0.15, -0.1) is 0 Å². The van der Waals surface area contributed by atoms with Gasteiger partial charge in [-0.05, 0) is 68.1 Å². The summed E-state index contributed by atoms with van der Waals surface area (Å²) >= 11 is 1.51. The fraction of sp³-hybridized carbons (Fsp3) is 0.269. The third kappa shape index (κ3) is 4.88. The highest BCUT2D eigenvalue weighted by atomic mass is 32.2. The van der Waals surface area contributed by atoms with Gasteiger partial charge in [-0.2, -0.15) is 0 Å². The topological polar surface area (TPSA) is 80.2 Å². The average molecular weight is 494 g/mol. The van der Waals surface area contributed by atoms with Crippen LogP contribution in [0.5, 0.6) is 0 Å². The molecular formula is C26H27N3O3S2. The van der Waals surface area contributed by atoms with Crippen molar-refractivity contribution in [2.75, 3.05) is 4.90 Å². The van der Waals surface area contributed by atoms with Gasteiger partial charge in [-0.1, -0.05) is 41.7 Å². The van der Waals surface area contributed by atoms with E-state index in [2.05, 4.69) is 11.1 Å². The summed E-state index contributed by atoms with van der Waals surface area (Å²) in [5, 5.41) is 0.140. The number of benzene rings is 2. The normalized spacial score (nSPS) is 11.8. The Morgan fingerprint density at radius 2 is 1.71 bits per heavy atom. The molecule has 0 fully saturated rings. The molecule has 34 heavy (non-hydrogen) atoms. The first kappa shape index (κ1) is 24.0. The number of carbonyl (C=O) groups excluding carboxylic acids is 1. The molecule has 4 rings (SSSR count). The second-order valence-electron chi connectivity index (χ2n) is 8.63. The number of sulfone groups is 1. The predicted molar refractivity (Wildman–Crippen MR) is 137 cm³/mol. The number of amides is 1. The highest BCUT2D eigenvalue weighted by Crippen LogP contribution is 2.34. The molecule has 1 amide bonds. The molecule has 0 saturated carbocycles. The number of hydrogen-bond acceptors (Lipinski definition) is 6. The van der Waals surface area contributed by atoms with Crippen LogP contribution in [0, 0.1) is 13.8 Å². The van der Waals surface area contributed by atoms with Gasteiger partial charge >= 0.3 is 0 Å². The van der Waals surface area contributed by atoms with Crippen LogP contribution in [0.1, 0.15) is 36.1 Å². The Labute approximate surface area is 204 Å². The number of nitrogens with zero attached hydrogens (tertiary/aromatic N) is 3. The second kappa shape index (κ2) is 9.64. The maximum atomic E-state index is 13.5. The van der Waals surface area contributed by atoms with Crippen molar-refractivity contribution < 1.29 is 13.2 Å². The molecule has 0 aliphatic heterocycles. The Morgan fingerprint density at radius 3 is 2.32 bits per heavy atom. The van der Waals surface area contributed by atoms with Crippen LogP contribution in [-0.4, -0.2) is 29.5 Å². The molecule has 0 aliphatic carbocycles. The third-order valence-corrected chi connectivity index (χ3v) is 9.14. The molecule has 0 aliphatic rings. The minimum atomic E-state index is -3.36. The molecule has 0 N–H and O–H groups in total. The molecule has 0 unspecified atom stereocenters. The van der Waals surface area contributed by atoms with Crippen LogP contribution in [0.15, 0.2) is 65.8 Å². The summed E-state index contributed by atoms with van der Waals surface area (Å²) in [6, 6.07) is 14.5. The monoisotopic (exact) mass is 493 g/mol. The van der Waals surface area contributed by atoms with E-state index >= 15 is 0 Å². The third-order valence-electron chi connectivity index (χ3n) is 5.75. The Kier molecular flexibility index (Phi) is 6.81. The predicted octanol–water partition coefficient (Wildman–Crippen LogP) is 5.27. The fourth-order valence-electron chi connectivity index (χ4n) is 3.64. The second-order valence-corrected chi connectivity index (χ2v) is 12.1. The Bertz CT molecular complexity index is 1390. The molecule has 0 radical (unpaired) electrons. The summed E-state index contributed by atoms with van der Waals surface area (Å²) in [6.45, 7) is 7.73. The molecule has 0 bridgehead atoms. The molecular weight excluding hydrogens is 466 g/mol. The molecule has 2 aromatic carbocycles. The largest absolute Gasteiger partial charge is 0.283 e. The van der Waals surface area contributed by atoms with Gasteiger partial charge < -0.3 is 0 Å². The number of hydrogen-bond donors (Lipinski definition) is 0. The van der Waals surface area contributed by atoms with Crippen molar-refractivity contribution in [1.82, 2.24) is 9.97 Å². The van der Waals surface area contributed by atoms with Gasteiger partial charge in [0.2, 0.25) is 5.91 Å². The van der Waals surface area contributed by atoms with Crippen molar-refractivity contribution in [3.8, 4) is 0 Å². The van der Waals surface area contributed by atoms with Crippen LogP contribution < -0.4 is 4.90 Å². The van der Waals surface area contributed by atoms with E-state index < -0.39 is 15.1 Å². The molecule has 2 heterocycles. The van der Waals surface area contributed by atoms with Crippen LogP contribution in [0.4, 0.5) is 5.13 Å². The van der Waals surface area contributed by atoms with Crippen LogP contribution >= 0.6 is 11.3 Å². The Morgan fingerprint density at radius 1 is 1.00 bits per heavy atom. The summed E-state index contributed by atoms with van der Waals surface area (Å²) in [5.74, 6) is -0.113. The van der Waals surface area contributed by atoms with Crippen molar-refractivity contribution in [2.45, 2.75) is 50.8 Å². The number of rotatable bonds is 7. The van der Waals surface area contributed by atoms with E-state index in [1.54, 1.807) is 55.4 Å². The molecule has 0 atom stereocenters. The van der Waals surface area contributed by atoms with E-state index in [-0.39, 0.29) is 17.2 Å². The van der Waals surface area contributed by atoms with Gasteiger partial charge in [0.1, 0.15) is 0 Å². The molecule has 2 aromatic heterocycles. The first-order valence-electron chi connectivity index (χ1n) is 11.1. The van der Waals surface area contributed by atoms with Crippen LogP contribution in [0.3, 0.4) is 0 Å². The number of aromatic nitrogens is 2. The molecule has 0 saturated heterocycles. The van der Waals surface area contributed by atoms with E-state index in [0.717, 1.165) is 32.5 Å². The van der Waals surface area contributed by atoms with E-state index in [9.17, 15) is 13.2 Å². The Balaban J connectivity index is 1.66. The highest BCUT2D eigenvalue weighted by molar-refractivity contribution is 7.92. The fourth-order valence-corrected chi connectivity index (χ4v) is 5.83. The van der Waals surface area contributed by atoms with Crippen LogP contribution in [-0.2, 0) is 27.6 Å². The van der Waals surface area contributed by atoms with Gasteiger partial charge in [-0.25, -0.2) is 13.4 Å². The van der Waals surface area contributed by atoms with Gasteiger partial charge in [-0.3, -0.25) is 14.7 Å². The summed E-state index contributed by atoms with van der Waals surface area (Å²) < 4.78 is 25.9. The quantitative estimate of drug-likeness (QED) is 0.351. The number of aryl methyl sites for hydroxylation is 2. The van der Waals surface area contributed by atoms with Gasteiger partial charge in [0.25, 0.3) is 0 Å². The van der Waals surface area contributed by atoms with Crippen molar-refractivity contribution in [2.24, 2.45) is 0 Å². The summed E-state index contributed by atoms with van der Waals surface area (Å²) in [5.41, 5.74) is 4.76. The van der Waals surface area contributed by atoms with E-state index in [0.29, 0.717) is 11.7 Å². The van der Waals surface area contributed by atoms with Crippen molar-refractivity contribution >= 4 is 42.4 Å². The molecule has 176 valence electrons. The van der Waals surface area contributed by atoms with E-state index in [4.69, 9.17) is 4.98 Å². The van der Waals surface area contributed by atoms with Crippen LogP contribution in [0.25, 0.3) is 10.2 Å². The minimum absolute atomic E-state index is 0.113. The Hall–Kier alpha value is -3.10. The van der Waals surface area contributed by atoms with Crippen molar-refractivity contribution in [1.29, 1.82) is 0 Å². The lowest BCUT2D eigenvalue weighted by Gasteiger charge is -2.20. The number of carbonyl (C=O) groups is 1. The van der Waals surface area contributed by atoms with E-state index in [1.807, 2.05) is 32.0 Å². The SMILES string of the molecule is Cc1ccc(C)c2sc(N(Cc3cccnc3)C(=O)Cc3ccc(S(=O)(=O)C(C)C)cc3)nc12. The standard InChI is InChI=1S/C26H27N3O3S2/c1-17(2)34(31,32)22-11-9-20(10-12-22)14-23(30)29(16-21-6-5-13-27-15-21)26-28-24-18(3)7-8-19(4)25(24)33-26/h5-13,15,17H,14,16H2,1-4H3. The minimum Gasteiger partial charge on any atom is -0.283 e. The van der Waals surface area contributed by atoms with Crippen molar-refractivity contribution in [3.05, 3.63) is 83.2 Å². The zero-order valence-corrected chi connectivity index (χ0v) is 21.3. The molecule has 0 spiro atoms.